The predicted octanol–water partition coefficient (Wildman–Crippen LogP) is 3.95. The van der Waals surface area contributed by atoms with E-state index in [0.717, 1.165) is 21.1 Å². The molecule has 2 aromatic rings. The van der Waals surface area contributed by atoms with Gasteiger partial charge >= 0.3 is 0 Å². The van der Waals surface area contributed by atoms with E-state index in [2.05, 4.69) is 52.6 Å². The molecular formula is C12H10BrN. The predicted molar refractivity (Wildman–Crippen MR) is 64.3 cm³/mol. The fraction of sp³-hybridized carbons (Fsp3) is 0.0833. The van der Waals surface area contributed by atoms with Gasteiger partial charge in [-0.25, -0.2) is 4.98 Å². The Bertz CT molecular complexity index is 503. The van der Waals surface area contributed by atoms with Gasteiger partial charge in [0.05, 0.1) is 5.52 Å². The zero-order valence-corrected chi connectivity index (χ0v) is 9.51. The first-order valence-electron chi connectivity index (χ1n) is 4.40. The third-order valence-corrected chi connectivity index (χ3v) is 2.65. The molecule has 0 atom stereocenters. The minimum Gasteiger partial charge on any atom is -0.241 e. The van der Waals surface area contributed by atoms with Crippen molar-refractivity contribution in [3.8, 4) is 0 Å². The summed E-state index contributed by atoms with van der Waals surface area (Å²) in [5.41, 5.74) is 3.36. The van der Waals surface area contributed by atoms with Crippen molar-refractivity contribution >= 4 is 32.9 Å². The second kappa shape index (κ2) is 3.54. The van der Waals surface area contributed by atoms with Crippen molar-refractivity contribution in [2.24, 2.45) is 0 Å². The normalized spacial score (nSPS) is 10.4. The first-order valence-corrected chi connectivity index (χ1v) is 5.19. The van der Waals surface area contributed by atoms with Crippen LogP contribution in [0.25, 0.3) is 17.0 Å². The molecule has 2 heteroatoms. The highest BCUT2D eigenvalue weighted by Crippen LogP contribution is 2.21. The highest BCUT2D eigenvalue weighted by molar-refractivity contribution is 9.10. The summed E-state index contributed by atoms with van der Waals surface area (Å²) < 4.78 is 0.874. The summed E-state index contributed by atoms with van der Waals surface area (Å²) >= 11 is 3.37. The molecule has 0 bridgehead atoms. The van der Waals surface area contributed by atoms with Crippen LogP contribution < -0.4 is 0 Å². The van der Waals surface area contributed by atoms with Gasteiger partial charge in [-0.1, -0.05) is 18.7 Å². The largest absolute Gasteiger partial charge is 0.241 e. The van der Waals surface area contributed by atoms with Gasteiger partial charge in [0.15, 0.2) is 0 Å². The molecule has 1 nitrogen and oxygen atoms in total. The van der Waals surface area contributed by atoms with Gasteiger partial charge in [-0.05, 0) is 52.2 Å². The Balaban J connectivity index is 2.82. The fourth-order valence-corrected chi connectivity index (χ4v) is 1.85. The summed E-state index contributed by atoms with van der Waals surface area (Å²) in [4.78, 5) is 4.43. The third-order valence-electron chi connectivity index (χ3n) is 2.21. The van der Waals surface area contributed by atoms with Crippen LogP contribution in [0.3, 0.4) is 0 Å². The van der Waals surface area contributed by atoms with Crippen molar-refractivity contribution in [2.75, 3.05) is 0 Å². The average molecular weight is 248 g/mol. The van der Waals surface area contributed by atoms with Crippen LogP contribution in [-0.2, 0) is 0 Å². The third kappa shape index (κ3) is 1.58. The molecule has 0 spiro atoms. The zero-order valence-electron chi connectivity index (χ0n) is 7.92. The molecule has 1 heterocycles. The number of aromatic nitrogens is 1. The topological polar surface area (TPSA) is 12.9 Å². The Hall–Kier alpha value is -1.15. The van der Waals surface area contributed by atoms with E-state index < -0.39 is 0 Å². The van der Waals surface area contributed by atoms with E-state index in [1.54, 1.807) is 0 Å². The Morgan fingerprint density at radius 2 is 2.14 bits per heavy atom. The van der Waals surface area contributed by atoms with Crippen molar-refractivity contribution in [2.45, 2.75) is 6.92 Å². The lowest BCUT2D eigenvalue weighted by Crippen LogP contribution is -1.85. The van der Waals surface area contributed by atoms with Crippen LogP contribution in [0.1, 0.15) is 11.1 Å². The van der Waals surface area contributed by atoms with Gasteiger partial charge in [-0.3, -0.25) is 0 Å². The molecule has 0 saturated heterocycles. The van der Waals surface area contributed by atoms with E-state index in [0.29, 0.717) is 0 Å². The van der Waals surface area contributed by atoms with E-state index in [9.17, 15) is 0 Å². The van der Waals surface area contributed by atoms with E-state index in [1.165, 1.54) is 5.56 Å². The van der Waals surface area contributed by atoms with Crippen LogP contribution in [0.15, 0.2) is 35.4 Å². The van der Waals surface area contributed by atoms with E-state index in [1.807, 2.05) is 12.1 Å². The van der Waals surface area contributed by atoms with E-state index in [4.69, 9.17) is 0 Å². The summed E-state index contributed by atoms with van der Waals surface area (Å²) in [6.45, 7) is 5.83. The maximum absolute atomic E-state index is 4.43. The quantitative estimate of drug-likeness (QED) is 0.696. The van der Waals surface area contributed by atoms with Crippen molar-refractivity contribution in [3.63, 3.8) is 0 Å². The highest BCUT2D eigenvalue weighted by atomic mass is 79.9. The van der Waals surface area contributed by atoms with Gasteiger partial charge < -0.3 is 0 Å². The van der Waals surface area contributed by atoms with Gasteiger partial charge in [0, 0.05) is 5.39 Å². The van der Waals surface area contributed by atoms with Crippen LogP contribution in [0, 0.1) is 6.92 Å². The number of nitrogens with zero attached hydrogens (tertiary/aromatic N) is 1. The molecule has 2 rings (SSSR count). The molecule has 0 amide bonds. The lowest BCUT2D eigenvalue weighted by molar-refractivity contribution is 1.32. The maximum Gasteiger partial charge on any atom is 0.106 e. The fourth-order valence-electron chi connectivity index (χ4n) is 1.54. The number of fused-ring (bicyclic) bond motifs is 1. The molecule has 0 N–H and O–H groups in total. The molecule has 0 radical (unpaired) electrons. The van der Waals surface area contributed by atoms with Gasteiger partial charge in [-0.2, -0.15) is 0 Å². The Kier molecular flexibility index (Phi) is 2.38. The molecule has 14 heavy (non-hydrogen) atoms. The van der Waals surface area contributed by atoms with Gasteiger partial charge in [0.25, 0.3) is 0 Å². The summed E-state index contributed by atoms with van der Waals surface area (Å²) in [7, 11) is 0. The Labute approximate surface area is 91.6 Å². The summed E-state index contributed by atoms with van der Waals surface area (Å²) in [5.74, 6) is 0. The maximum atomic E-state index is 4.43. The Morgan fingerprint density at radius 3 is 2.86 bits per heavy atom. The number of aryl methyl sites for hydroxylation is 1. The van der Waals surface area contributed by atoms with Gasteiger partial charge in [-0.15, -0.1) is 0 Å². The van der Waals surface area contributed by atoms with Gasteiger partial charge in [0.2, 0.25) is 0 Å². The number of rotatable bonds is 1. The van der Waals surface area contributed by atoms with Crippen LogP contribution >= 0.6 is 15.9 Å². The van der Waals surface area contributed by atoms with E-state index in [-0.39, 0.29) is 0 Å². The zero-order chi connectivity index (χ0) is 10.1. The molecule has 0 fully saturated rings. The first-order chi connectivity index (χ1) is 6.70. The van der Waals surface area contributed by atoms with Crippen molar-refractivity contribution in [3.05, 3.63) is 46.6 Å². The number of halogens is 1. The minimum atomic E-state index is 0.874. The number of pyridine rings is 1. The molecule has 0 saturated carbocycles. The average Bonchev–Trinajstić information content (AvgIpc) is 2.19. The summed E-state index contributed by atoms with van der Waals surface area (Å²) in [6.07, 6.45) is 1.86. The van der Waals surface area contributed by atoms with Crippen LogP contribution in [0.2, 0.25) is 0 Å². The number of benzene rings is 1. The summed E-state index contributed by atoms with van der Waals surface area (Å²) in [5, 5.41) is 1.16. The Morgan fingerprint density at radius 1 is 1.36 bits per heavy atom. The van der Waals surface area contributed by atoms with Crippen molar-refractivity contribution < 1.29 is 0 Å². The first kappa shape index (κ1) is 9.41. The van der Waals surface area contributed by atoms with Crippen LogP contribution in [0.4, 0.5) is 0 Å². The molecule has 0 aliphatic rings. The highest BCUT2D eigenvalue weighted by Gasteiger charge is 2.00. The van der Waals surface area contributed by atoms with Crippen molar-refractivity contribution in [1.82, 2.24) is 4.98 Å². The molecule has 70 valence electrons. The summed E-state index contributed by atoms with van der Waals surface area (Å²) in [6, 6.07) is 8.20. The lowest BCUT2D eigenvalue weighted by Gasteiger charge is -2.03. The minimum absolute atomic E-state index is 0.874. The molecular weight excluding hydrogens is 238 g/mol. The molecule has 1 aromatic heterocycles. The van der Waals surface area contributed by atoms with Crippen molar-refractivity contribution in [1.29, 1.82) is 0 Å². The van der Waals surface area contributed by atoms with Gasteiger partial charge in [0.1, 0.15) is 4.60 Å². The molecule has 0 unspecified atom stereocenters. The smallest absolute Gasteiger partial charge is 0.106 e. The molecule has 0 aliphatic carbocycles. The SMILES string of the molecule is C=Cc1cc(C)c2nc(Br)ccc2c1. The molecule has 1 aromatic carbocycles. The molecule has 0 aliphatic heterocycles. The van der Waals surface area contributed by atoms with E-state index >= 15 is 0 Å². The standard InChI is InChI=1S/C12H10BrN/c1-3-9-6-8(2)12-10(7-9)4-5-11(13)14-12/h3-7H,1H2,2H3. The number of hydrogen-bond acceptors (Lipinski definition) is 1. The van der Waals surface area contributed by atoms with Crippen LogP contribution in [-0.4, -0.2) is 4.98 Å². The monoisotopic (exact) mass is 247 g/mol. The number of hydrogen-bond donors (Lipinski definition) is 0. The second-order valence-electron chi connectivity index (χ2n) is 3.25. The lowest BCUT2D eigenvalue weighted by atomic mass is 10.1. The second-order valence-corrected chi connectivity index (χ2v) is 4.06. The van der Waals surface area contributed by atoms with Crippen LogP contribution in [0.5, 0.6) is 0 Å².